The van der Waals surface area contributed by atoms with Crippen molar-refractivity contribution in [3.05, 3.63) is 0 Å². The molecule has 0 amide bonds. The highest BCUT2D eigenvalue weighted by atomic mass is 32.2. The molecule has 0 aromatic heterocycles. The molecule has 0 aliphatic heterocycles. The second-order valence-corrected chi connectivity index (χ2v) is 5.50. The van der Waals surface area contributed by atoms with Crippen LogP contribution < -0.4 is 5.32 Å². The molecule has 0 aromatic rings. The van der Waals surface area contributed by atoms with E-state index in [9.17, 15) is 13.2 Å². The molecule has 0 aliphatic carbocycles. The molecule has 1 N–H and O–H groups in total. The third-order valence-electron chi connectivity index (χ3n) is 1.60. The van der Waals surface area contributed by atoms with Gasteiger partial charge in [0.25, 0.3) is 0 Å². The average Bonchev–Trinajstić information content (AvgIpc) is 2.15. The molecular formula is C9H19NO5S. The fourth-order valence-electron chi connectivity index (χ4n) is 0.885. The Hall–Kier alpha value is -0.660. The molecule has 7 heteroatoms. The fourth-order valence-corrected chi connectivity index (χ4v) is 1.40. The highest BCUT2D eigenvalue weighted by Gasteiger charge is 2.02. The van der Waals surface area contributed by atoms with Gasteiger partial charge in [-0.15, -0.1) is 0 Å². The lowest BCUT2D eigenvalue weighted by atomic mass is 10.6. The van der Waals surface area contributed by atoms with Crippen molar-refractivity contribution in [1.29, 1.82) is 0 Å². The van der Waals surface area contributed by atoms with Crippen LogP contribution in [0.3, 0.4) is 0 Å². The van der Waals surface area contributed by atoms with Gasteiger partial charge < -0.3 is 14.8 Å². The molecule has 16 heavy (non-hydrogen) atoms. The molecule has 0 radical (unpaired) electrons. The number of esters is 1. The summed E-state index contributed by atoms with van der Waals surface area (Å²) in [4.78, 5) is 10.8. The molecule has 0 aliphatic rings. The number of hydrogen-bond donors (Lipinski definition) is 1. The second-order valence-electron chi connectivity index (χ2n) is 3.24. The maximum Gasteiger partial charge on any atom is 0.332 e. The van der Waals surface area contributed by atoms with Crippen LogP contribution in [0.25, 0.3) is 0 Å². The van der Waals surface area contributed by atoms with Gasteiger partial charge >= 0.3 is 5.97 Å². The third-order valence-corrected chi connectivity index (χ3v) is 2.54. The van der Waals surface area contributed by atoms with Crippen molar-refractivity contribution in [3.8, 4) is 0 Å². The van der Waals surface area contributed by atoms with E-state index in [1.807, 2.05) is 0 Å². The normalized spacial score (nSPS) is 11.4. The molecule has 6 nitrogen and oxygen atoms in total. The van der Waals surface area contributed by atoms with Crippen molar-refractivity contribution >= 4 is 15.8 Å². The van der Waals surface area contributed by atoms with E-state index in [2.05, 4.69) is 10.1 Å². The first-order valence-electron chi connectivity index (χ1n) is 5.07. The molecule has 0 atom stereocenters. The lowest BCUT2D eigenvalue weighted by Gasteiger charge is -2.05. The average molecular weight is 253 g/mol. The van der Waals surface area contributed by atoms with Crippen LogP contribution in [0.15, 0.2) is 0 Å². The zero-order valence-corrected chi connectivity index (χ0v) is 10.5. The van der Waals surface area contributed by atoms with Gasteiger partial charge in [0, 0.05) is 19.3 Å². The number of hydrogen-bond acceptors (Lipinski definition) is 6. The molecular weight excluding hydrogens is 234 g/mol. The Kier molecular flexibility index (Phi) is 8.14. The summed E-state index contributed by atoms with van der Waals surface area (Å²) in [6, 6.07) is 0. The van der Waals surface area contributed by atoms with Gasteiger partial charge in [-0.3, -0.25) is 0 Å². The van der Waals surface area contributed by atoms with Crippen molar-refractivity contribution in [2.75, 3.05) is 44.9 Å². The zero-order valence-electron chi connectivity index (χ0n) is 9.69. The first-order chi connectivity index (χ1) is 7.45. The van der Waals surface area contributed by atoms with Gasteiger partial charge in [-0.1, -0.05) is 0 Å². The van der Waals surface area contributed by atoms with E-state index in [4.69, 9.17) is 4.74 Å². The number of carbonyl (C=O) groups excluding carboxylic acids is 1. The van der Waals surface area contributed by atoms with Crippen LogP contribution in [0, 0.1) is 0 Å². The zero-order chi connectivity index (χ0) is 12.4. The molecule has 0 rings (SSSR count). The molecule has 0 fully saturated rings. The van der Waals surface area contributed by atoms with Crippen LogP contribution >= 0.6 is 0 Å². The lowest BCUT2D eigenvalue weighted by Crippen LogP contribution is -2.26. The number of sulfone groups is 1. The molecule has 0 unspecified atom stereocenters. The van der Waals surface area contributed by atoms with Gasteiger partial charge in [-0.25, -0.2) is 13.2 Å². The van der Waals surface area contributed by atoms with Crippen molar-refractivity contribution in [2.45, 2.75) is 6.92 Å². The Morgan fingerprint density at radius 3 is 2.56 bits per heavy atom. The number of carbonyl (C=O) groups is 1. The Balaban J connectivity index is 3.25. The van der Waals surface area contributed by atoms with Crippen LogP contribution in [0.5, 0.6) is 0 Å². The SMILES string of the molecule is CCOC(=O)COCCNCCS(C)(=O)=O. The molecule has 0 bridgehead atoms. The number of ether oxygens (including phenoxy) is 2. The van der Waals surface area contributed by atoms with E-state index in [1.54, 1.807) is 6.92 Å². The largest absolute Gasteiger partial charge is 0.464 e. The van der Waals surface area contributed by atoms with Crippen LogP contribution in [0.1, 0.15) is 6.92 Å². The minimum atomic E-state index is -2.92. The number of nitrogens with one attached hydrogen (secondary N) is 1. The lowest BCUT2D eigenvalue weighted by molar-refractivity contribution is -0.148. The molecule has 0 heterocycles. The molecule has 0 aromatic carbocycles. The molecule has 0 saturated heterocycles. The van der Waals surface area contributed by atoms with Crippen LogP contribution in [-0.4, -0.2) is 59.3 Å². The monoisotopic (exact) mass is 253 g/mol. The number of rotatable bonds is 9. The first kappa shape index (κ1) is 15.3. The molecule has 0 saturated carbocycles. The van der Waals surface area contributed by atoms with Gasteiger partial charge in [0.15, 0.2) is 0 Å². The highest BCUT2D eigenvalue weighted by Crippen LogP contribution is 1.82. The summed E-state index contributed by atoms with van der Waals surface area (Å²) in [5.41, 5.74) is 0. The summed E-state index contributed by atoms with van der Waals surface area (Å²) >= 11 is 0. The van der Waals surface area contributed by atoms with Crippen molar-refractivity contribution in [1.82, 2.24) is 5.32 Å². The summed E-state index contributed by atoms with van der Waals surface area (Å²) in [6.45, 7) is 3.25. The Morgan fingerprint density at radius 1 is 1.31 bits per heavy atom. The topological polar surface area (TPSA) is 81.7 Å². The quantitative estimate of drug-likeness (QED) is 0.428. The Bertz CT molecular complexity index is 288. The second kappa shape index (κ2) is 8.49. The van der Waals surface area contributed by atoms with E-state index in [0.29, 0.717) is 26.3 Å². The third kappa shape index (κ3) is 11.4. The van der Waals surface area contributed by atoms with Gasteiger partial charge in [-0.05, 0) is 6.92 Å². The first-order valence-corrected chi connectivity index (χ1v) is 7.13. The van der Waals surface area contributed by atoms with Gasteiger partial charge in [0.05, 0.1) is 19.0 Å². The van der Waals surface area contributed by atoms with Gasteiger partial charge in [0.1, 0.15) is 16.4 Å². The maximum absolute atomic E-state index is 10.8. The van der Waals surface area contributed by atoms with E-state index in [1.165, 1.54) is 6.26 Å². The minimum absolute atomic E-state index is 0.0679. The van der Waals surface area contributed by atoms with E-state index < -0.39 is 15.8 Å². The minimum Gasteiger partial charge on any atom is -0.464 e. The summed E-state index contributed by atoms with van der Waals surface area (Å²) in [6.07, 6.45) is 1.19. The van der Waals surface area contributed by atoms with Crippen molar-refractivity contribution in [2.24, 2.45) is 0 Å². The maximum atomic E-state index is 10.8. The predicted octanol–water partition coefficient (Wildman–Crippen LogP) is -0.800. The van der Waals surface area contributed by atoms with Gasteiger partial charge in [0.2, 0.25) is 0 Å². The van der Waals surface area contributed by atoms with E-state index in [0.717, 1.165) is 0 Å². The van der Waals surface area contributed by atoms with Gasteiger partial charge in [-0.2, -0.15) is 0 Å². The smallest absolute Gasteiger partial charge is 0.332 e. The molecule has 96 valence electrons. The summed E-state index contributed by atoms with van der Waals surface area (Å²) in [5, 5.41) is 2.89. The van der Waals surface area contributed by atoms with Crippen LogP contribution in [0.2, 0.25) is 0 Å². The van der Waals surface area contributed by atoms with Crippen LogP contribution in [-0.2, 0) is 24.1 Å². The summed E-state index contributed by atoms with van der Waals surface area (Å²) in [5.74, 6) is -0.288. The molecule has 0 spiro atoms. The Morgan fingerprint density at radius 2 is 2.00 bits per heavy atom. The summed E-state index contributed by atoms with van der Waals surface area (Å²) < 4.78 is 31.1. The highest BCUT2D eigenvalue weighted by molar-refractivity contribution is 7.90. The van der Waals surface area contributed by atoms with E-state index in [-0.39, 0.29) is 12.4 Å². The van der Waals surface area contributed by atoms with E-state index >= 15 is 0 Å². The summed E-state index contributed by atoms with van der Waals surface area (Å²) in [7, 11) is -2.92. The van der Waals surface area contributed by atoms with Crippen molar-refractivity contribution < 1.29 is 22.7 Å². The van der Waals surface area contributed by atoms with Crippen molar-refractivity contribution in [3.63, 3.8) is 0 Å². The predicted molar refractivity (Wildman–Crippen MR) is 60.0 cm³/mol. The fraction of sp³-hybridized carbons (Fsp3) is 0.889. The standard InChI is InChI=1S/C9H19NO5S/c1-3-15-9(11)8-14-6-4-10-5-7-16(2,12)13/h10H,3-8H2,1-2H3. The Labute approximate surface area is 96.2 Å². The van der Waals surface area contributed by atoms with Crippen LogP contribution in [0.4, 0.5) is 0 Å².